The molecule has 1 aromatic carbocycles. The smallest absolute Gasteiger partial charge is 0.308 e. The fourth-order valence-corrected chi connectivity index (χ4v) is 3.07. The van der Waals surface area contributed by atoms with E-state index in [1.54, 1.807) is 0 Å². The van der Waals surface area contributed by atoms with Gasteiger partial charge in [-0.3, -0.25) is 9.59 Å². The first-order valence-electron chi connectivity index (χ1n) is 7.94. The summed E-state index contributed by atoms with van der Waals surface area (Å²) in [4.78, 5) is 28.8. The van der Waals surface area contributed by atoms with E-state index >= 15 is 0 Å². The van der Waals surface area contributed by atoms with Crippen LogP contribution in [0.15, 0.2) is 30.5 Å². The molecule has 1 aromatic heterocycles. The number of carboxylic acids is 1. The maximum Gasteiger partial charge on any atom is 0.308 e. The monoisotopic (exact) mass is 315 g/mol. The van der Waals surface area contributed by atoms with E-state index < -0.39 is 11.9 Å². The SMILES string of the molecule is O=C(C[C@H](CN1CCCC1)C(=O)O)Nc1ccc2cc[nH]c2c1. The lowest BCUT2D eigenvalue weighted by molar-refractivity contribution is -0.144. The van der Waals surface area contributed by atoms with Gasteiger partial charge in [0.15, 0.2) is 0 Å². The Kier molecular flexibility index (Phi) is 4.62. The van der Waals surface area contributed by atoms with Gasteiger partial charge in [-0.2, -0.15) is 0 Å². The molecular formula is C17H21N3O3. The third kappa shape index (κ3) is 3.90. The molecule has 1 aliphatic rings. The van der Waals surface area contributed by atoms with Crippen molar-refractivity contribution in [2.24, 2.45) is 5.92 Å². The number of carboxylic acid groups (broad SMARTS) is 1. The second-order valence-corrected chi connectivity index (χ2v) is 6.07. The van der Waals surface area contributed by atoms with E-state index in [0.29, 0.717) is 12.2 Å². The molecule has 0 radical (unpaired) electrons. The van der Waals surface area contributed by atoms with E-state index in [9.17, 15) is 14.7 Å². The molecule has 6 heteroatoms. The van der Waals surface area contributed by atoms with E-state index in [2.05, 4.69) is 15.2 Å². The van der Waals surface area contributed by atoms with Crippen molar-refractivity contribution in [2.45, 2.75) is 19.3 Å². The number of nitrogens with one attached hydrogen (secondary N) is 2. The fraction of sp³-hybridized carbons (Fsp3) is 0.412. The minimum absolute atomic E-state index is 0.00536. The Bertz CT molecular complexity index is 704. The van der Waals surface area contributed by atoms with Gasteiger partial charge in [-0.1, -0.05) is 6.07 Å². The van der Waals surface area contributed by atoms with E-state index in [-0.39, 0.29) is 12.3 Å². The van der Waals surface area contributed by atoms with Gasteiger partial charge in [0.05, 0.1) is 5.92 Å². The van der Waals surface area contributed by atoms with Gasteiger partial charge in [0.1, 0.15) is 0 Å². The van der Waals surface area contributed by atoms with Crippen LogP contribution in [0.2, 0.25) is 0 Å². The Morgan fingerprint density at radius 3 is 2.78 bits per heavy atom. The minimum atomic E-state index is -0.910. The highest BCUT2D eigenvalue weighted by Gasteiger charge is 2.25. The number of carbonyl (C=O) groups excluding carboxylic acids is 1. The summed E-state index contributed by atoms with van der Waals surface area (Å²) in [5.74, 6) is -1.84. The molecule has 0 unspecified atom stereocenters. The van der Waals surface area contributed by atoms with Gasteiger partial charge in [0.25, 0.3) is 0 Å². The van der Waals surface area contributed by atoms with E-state index in [4.69, 9.17) is 0 Å². The molecule has 1 saturated heterocycles. The van der Waals surface area contributed by atoms with Crippen LogP contribution in [0.4, 0.5) is 5.69 Å². The Labute approximate surface area is 134 Å². The summed E-state index contributed by atoms with van der Waals surface area (Å²) in [6, 6.07) is 7.55. The summed E-state index contributed by atoms with van der Waals surface area (Å²) < 4.78 is 0. The Balaban J connectivity index is 1.60. The van der Waals surface area contributed by atoms with Gasteiger partial charge in [-0.25, -0.2) is 0 Å². The Morgan fingerprint density at radius 1 is 1.26 bits per heavy atom. The maximum absolute atomic E-state index is 12.2. The molecular weight excluding hydrogens is 294 g/mol. The van der Waals surface area contributed by atoms with Crippen molar-refractivity contribution in [1.82, 2.24) is 9.88 Å². The molecule has 3 N–H and O–H groups in total. The van der Waals surface area contributed by atoms with Gasteiger partial charge in [-0.15, -0.1) is 0 Å². The topological polar surface area (TPSA) is 85.4 Å². The zero-order valence-electron chi connectivity index (χ0n) is 12.9. The normalized spacial score (nSPS) is 16.5. The molecule has 1 aliphatic heterocycles. The highest BCUT2D eigenvalue weighted by molar-refractivity contribution is 5.95. The molecule has 0 bridgehead atoms. The number of aromatic nitrogens is 1. The third-order valence-corrected chi connectivity index (χ3v) is 4.30. The molecule has 2 heterocycles. The van der Waals surface area contributed by atoms with Crippen LogP contribution >= 0.6 is 0 Å². The summed E-state index contributed by atoms with van der Waals surface area (Å²) in [7, 11) is 0. The summed E-state index contributed by atoms with van der Waals surface area (Å²) in [5.41, 5.74) is 1.62. The number of likely N-dealkylation sites (tertiary alicyclic amines) is 1. The van der Waals surface area contributed by atoms with E-state index in [0.717, 1.165) is 36.8 Å². The second kappa shape index (κ2) is 6.83. The number of nitrogens with zero attached hydrogens (tertiary/aromatic N) is 1. The molecule has 6 nitrogen and oxygen atoms in total. The molecule has 0 aliphatic carbocycles. The number of hydrogen-bond donors (Lipinski definition) is 3. The molecule has 2 aromatic rings. The zero-order chi connectivity index (χ0) is 16.2. The number of H-pyrrole nitrogens is 1. The lowest BCUT2D eigenvalue weighted by Crippen LogP contribution is -2.33. The standard InChI is InChI=1S/C17H21N3O3/c21-16(9-13(17(22)23)11-20-7-1-2-8-20)19-14-4-3-12-5-6-18-15(12)10-14/h3-6,10,13,18H,1-2,7-9,11H2,(H,19,21)(H,22,23)/t13-/m1/s1. The molecule has 3 rings (SSSR count). The largest absolute Gasteiger partial charge is 0.481 e. The Morgan fingerprint density at radius 2 is 2.04 bits per heavy atom. The van der Waals surface area contributed by atoms with Crippen molar-refractivity contribution in [3.63, 3.8) is 0 Å². The molecule has 0 spiro atoms. The van der Waals surface area contributed by atoms with Crippen molar-refractivity contribution >= 4 is 28.5 Å². The number of aromatic amines is 1. The first kappa shape index (κ1) is 15.6. The van der Waals surface area contributed by atoms with Crippen LogP contribution in [0.5, 0.6) is 0 Å². The number of rotatable bonds is 6. The van der Waals surface area contributed by atoms with Crippen LogP contribution in [-0.4, -0.2) is 46.5 Å². The lowest BCUT2D eigenvalue weighted by Gasteiger charge is -2.20. The van der Waals surface area contributed by atoms with Gasteiger partial charge in [-0.05, 0) is 49.5 Å². The highest BCUT2D eigenvalue weighted by atomic mass is 16.4. The van der Waals surface area contributed by atoms with E-state index in [1.807, 2.05) is 30.5 Å². The number of carbonyl (C=O) groups is 2. The summed E-state index contributed by atoms with van der Waals surface area (Å²) in [6.45, 7) is 2.29. The molecule has 23 heavy (non-hydrogen) atoms. The molecule has 0 saturated carbocycles. The zero-order valence-corrected chi connectivity index (χ0v) is 12.9. The molecule has 122 valence electrons. The van der Waals surface area contributed by atoms with Crippen molar-refractivity contribution < 1.29 is 14.7 Å². The number of hydrogen-bond acceptors (Lipinski definition) is 3. The number of benzene rings is 1. The Hall–Kier alpha value is -2.34. The lowest BCUT2D eigenvalue weighted by atomic mass is 10.0. The van der Waals surface area contributed by atoms with Gasteiger partial charge in [0, 0.05) is 30.4 Å². The maximum atomic E-state index is 12.2. The van der Waals surface area contributed by atoms with Crippen LogP contribution in [0.1, 0.15) is 19.3 Å². The second-order valence-electron chi connectivity index (χ2n) is 6.07. The van der Waals surface area contributed by atoms with Crippen LogP contribution in [0.25, 0.3) is 10.9 Å². The van der Waals surface area contributed by atoms with Crippen molar-refractivity contribution in [2.75, 3.05) is 25.0 Å². The first-order chi connectivity index (χ1) is 11.1. The van der Waals surface area contributed by atoms with Crippen LogP contribution in [0.3, 0.4) is 0 Å². The first-order valence-corrected chi connectivity index (χ1v) is 7.94. The minimum Gasteiger partial charge on any atom is -0.481 e. The van der Waals surface area contributed by atoms with Crippen molar-refractivity contribution in [3.05, 3.63) is 30.5 Å². The summed E-state index contributed by atoms with van der Waals surface area (Å²) >= 11 is 0. The fourth-order valence-electron chi connectivity index (χ4n) is 3.07. The average Bonchev–Trinajstić information content (AvgIpc) is 3.16. The number of fused-ring (bicyclic) bond motifs is 1. The third-order valence-electron chi connectivity index (χ3n) is 4.30. The van der Waals surface area contributed by atoms with Crippen molar-refractivity contribution in [3.8, 4) is 0 Å². The number of amides is 1. The van der Waals surface area contributed by atoms with Gasteiger partial charge >= 0.3 is 5.97 Å². The quantitative estimate of drug-likeness (QED) is 0.763. The van der Waals surface area contributed by atoms with Crippen molar-refractivity contribution in [1.29, 1.82) is 0 Å². The van der Waals surface area contributed by atoms with Crippen LogP contribution < -0.4 is 5.32 Å². The molecule has 1 amide bonds. The van der Waals surface area contributed by atoms with Gasteiger partial charge in [0.2, 0.25) is 5.91 Å². The molecule has 1 atom stereocenters. The highest BCUT2D eigenvalue weighted by Crippen LogP contribution is 2.19. The summed E-state index contributed by atoms with van der Waals surface area (Å²) in [5, 5.41) is 13.2. The number of aliphatic carboxylic acids is 1. The molecule has 1 fully saturated rings. The predicted octanol–water partition coefficient (Wildman–Crippen LogP) is 2.29. The van der Waals surface area contributed by atoms with Crippen LogP contribution in [-0.2, 0) is 9.59 Å². The summed E-state index contributed by atoms with van der Waals surface area (Å²) in [6.07, 6.45) is 4.05. The van der Waals surface area contributed by atoms with Gasteiger partial charge < -0.3 is 20.3 Å². The average molecular weight is 315 g/mol. The predicted molar refractivity (Wildman–Crippen MR) is 88.3 cm³/mol. The van der Waals surface area contributed by atoms with E-state index in [1.165, 1.54) is 0 Å². The van der Waals surface area contributed by atoms with Crippen LogP contribution in [0, 0.1) is 5.92 Å². The number of anilines is 1.